The lowest BCUT2D eigenvalue weighted by Gasteiger charge is -2.24. The molecular weight excluding hydrogens is 242 g/mol. The van der Waals surface area contributed by atoms with Gasteiger partial charge in [0, 0.05) is 19.7 Å². The van der Waals surface area contributed by atoms with Crippen LogP contribution in [0, 0.1) is 0 Å². The second-order valence-corrected chi connectivity index (χ2v) is 4.87. The normalized spacial score (nSPS) is 18.7. The van der Waals surface area contributed by atoms with E-state index in [-0.39, 0.29) is 12.1 Å². The molecule has 1 saturated heterocycles. The Morgan fingerprint density at radius 2 is 2.21 bits per heavy atom. The Morgan fingerprint density at radius 3 is 2.84 bits per heavy atom. The lowest BCUT2D eigenvalue weighted by atomic mass is 10.2. The second kappa shape index (κ2) is 7.26. The summed E-state index contributed by atoms with van der Waals surface area (Å²) in [6.07, 6.45) is 2.43. The van der Waals surface area contributed by atoms with Crippen LogP contribution >= 0.6 is 0 Å². The van der Waals surface area contributed by atoms with Gasteiger partial charge >= 0.3 is 5.97 Å². The molecule has 2 rings (SSSR count). The summed E-state index contributed by atoms with van der Waals surface area (Å²) in [6.45, 7) is 2.67. The minimum absolute atomic E-state index is 0.200. The average Bonchev–Trinajstić information content (AvgIpc) is 2.92. The Morgan fingerprint density at radius 1 is 1.42 bits per heavy atom. The predicted molar refractivity (Wildman–Crippen MR) is 72.7 cm³/mol. The molecule has 0 radical (unpaired) electrons. The van der Waals surface area contributed by atoms with E-state index >= 15 is 0 Å². The van der Waals surface area contributed by atoms with Crippen LogP contribution in [0.15, 0.2) is 30.3 Å². The van der Waals surface area contributed by atoms with Gasteiger partial charge in [0.25, 0.3) is 0 Å². The summed E-state index contributed by atoms with van der Waals surface area (Å²) in [5, 5.41) is 0. The molecule has 1 unspecified atom stereocenters. The molecule has 0 aromatic heterocycles. The quantitative estimate of drug-likeness (QED) is 0.734. The molecule has 0 spiro atoms. The minimum Gasteiger partial charge on any atom is -0.468 e. The fourth-order valence-corrected chi connectivity index (χ4v) is 2.35. The summed E-state index contributed by atoms with van der Waals surface area (Å²) in [4.78, 5) is 13.6. The number of ether oxygens (including phenoxy) is 2. The zero-order valence-electron chi connectivity index (χ0n) is 11.4. The van der Waals surface area contributed by atoms with Crippen molar-refractivity contribution in [2.45, 2.75) is 25.5 Å². The third-order valence-electron chi connectivity index (χ3n) is 3.32. The van der Waals surface area contributed by atoms with Crippen LogP contribution in [0.1, 0.15) is 18.4 Å². The van der Waals surface area contributed by atoms with Gasteiger partial charge in [-0.2, -0.15) is 0 Å². The number of benzene rings is 1. The molecule has 104 valence electrons. The highest BCUT2D eigenvalue weighted by Gasteiger charge is 2.21. The van der Waals surface area contributed by atoms with Crippen molar-refractivity contribution in [3.63, 3.8) is 0 Å². The van der Waals surface area contributed by atoms with Crippen LogP contribution in [-0.4, -0.2) is 43.8 Å². The van der Waals surface area contributed by atoms with E-state index in [0.29, 0.717) is 6.54 Å². The first-order chi connectivity index (χ1) is 9.28. The van der Waals surface area contributed by atoms with Crippen molar-refractivity contribution in [2.75, 3.05) is 26.8 Å². The molecule has 0 saturated carbocycles. The van der Waals surface area contributed by atoms with E-state index in [2.05, 4.69) is 17.0 Å². The minimum atomic E-state index is -0.200. The standard InChI is InChI=1S/C15H21NO3/c1-18-15(17)12-16(11-14-8-5-9-19-14)10-13-6-3-2-4-7-13/h2-4,6-7,14H,5,8-12H2,1H3. The molecule has 0 amide bonds. The fraction of sp³-hybridized carbons (Fsp3) is 0.533. The fourth-order valence-electron chi connectivity index (χ4n) is 2.35. The van der Waals surface area contributed by atoms with E-state index in [4.69, 9.17) is 9.47 Å². The highest BCUT2D eigenvalue weighted by molar-refractivity contribution is 5.71. The number of nitrogens with zero attached hydrogens (tertiary/aromatic N) is 1. The second-order valence-electron chi connectivity index (χ2n) is 4.87. The first kappa shape index (κ1) is 14.0. The molecule has 19 heavy (non-hydrogen) atoms. The Balaban J connectivity index is 1.94. The zero-order chi connectivity index (χ0) is 13.5. The third kappa shape index (κ3) is 4.65. The molecule has 0 N–H and O–H groups in total. The Hall–Kier alpha value is -1.39. The van der Waals surface area contributed by atoms with E-state index in [1.54, 1.807) is 0 Å². The summed E-state index contributed by atoms with van der Waals surface area (Å²) < 4.78 is 10.4. The number of methoxy groups -OCH3 is 1. The molecule has 1 aliphatic heterocycles. The molecule has 1 atom stereocenters. The highest BCUT2D eigenvalue weighted by atomic mass is 16.5. The molecule has 1 aliphatic rings. The lowest BCUT2D eigenvalue weighted by Crippen LogP contribution is -2.36. The van der Waals surface area contributed by atoms with Crippen LogP contribution in [-0.2, 0) is 20.8 Å². The molecule has 4 heteroatoms. The largest absolute Gasteiger partial charge is 0.468 e. The van der Waals surface area contributed by atoms with Gasteiger partial charge in [0.15, 0.2) is 0 Å². The van der Waals surface area contributed by atoms with Crippen molar-refractivity contribution in [2.24, 2.45) is 0 Å². The molecule has 1 fully saturated rings. The highest BCUT2D eigenvalue weighted by Crippen LogP contribution is 2.15. The number of rotatable bonds is 6. The summed E-state index contributed by atoms with van der Waals surface area (Å²) >= 11 is 0. The third-order valence-corrected chi connectivity index (χ3v) is 3.32. The van der Waals surface area contributed by atoms with Crippen LogP contribution in [0.5, 0.6) is 0 Å². The van der Waals surface area contributed by atoms with Crippen molar-refractivity contribution in [1.29, 1.82) is 0 Å². The van der Waals surface area contributed by atoms with Crippen molar-refractivity contribution >= 4 is 5.97 Å². The van der Waals surface area contributed by atoms with Gasteiger partial charge in [-0.15, -0.1) is 0 Å². The monoisotopic (exact) mass is 263 g/mol. The smallest absolute Gasteiger partial charge is 0.319 e. The zero-order valence-corrected chi connectivity index (χ0v) is 11.4. The summed E-state index contributed by atoms with van der Waals surface area (Å²) in [5.74, 6) is -0.200. The van der Waals surface area contributed by atoms with Crippen LogP contribution in [0.2, 0.25) is 0 Å². The first-order valence-corrected chi connectivity index (χ1v) is 6.72. The summed E-state index contributed by atoms with van der Waals surface area (Å²) in [5.41, 5.74) is 1.20. The van der Waals surface area contributed by atoms with E-state index in [0.717, 1.165) is 32.5 Å². The van der Waals surface area contributed by atoms with Crippen LogP contribution in [0.3, 0.4) is 0 Å². The SMILES string of the molecule is COC(=O)CN(Cc1ccccc1)CC1CCCO1. The van der Waals surface area contributed by atoms with Gasteiger partial charge < -0.3 is 9.47 Å². The number of hydrogen-bond donors (Lipinski definition) is 0. The van der Waals surface area contributed by atoms with Crippen LogP contribution < -0.4 is 0 Å². The van der Waals surface area contributed by atoms with E-state index < -0.39 is 0 Å². The molecule has 0 aliphatic carbocycles. The average molecular weight is 263 g/mol. The molecule has 1 aromatic carbocycles. The molecule has 4 nitrogen and oxygen atoms in total. The Bertz CT molecular complexity index is 388. The maximum Gasteiger partial charge on any atom is 0.319 e. The summed E-state index contributed by atoms with van der Waals surface area (Å²) in [7, 11) is 1.43. The molecule has 0 bridgehead atoms. The van der Waals surface area contributed by atoms with Gasteiger partial charge in [0.1, 0.15) is 0 Å². The van der Waals surface area contributed by atoms with Crippen LogP contribution in [0.4, 0.5) is 0 Å². The van der Waals surface area contributed by atoms with Crippen molar-refractivity contribution < 1.29 is 14.3 Å². The lowest BCUT2D eigenvalue weighted by molar-refractivity contribution is -0.142. The van der Waals surface area contributed by atoms with Crippen molar-refractivity contribution in [3.8, 4) is 0 Å². The number of carbonyl (C=O) groups is 1. The van der Waals surface area contributed by atoms with Gasteiger partial charge in [-0.3, -0.25) is 9.69 Å². The van der Waals surface area contributed by atoms with Gasteiger partial charge in [0.2, 0.25) is 0 Å². The van der Waals surface area contributed by atoms with Crippen molar-refractivity contribution in [3.05, 3.63) is 35.9 Å². The van der Waals surface area contributed by atoms with E-state index in [9.17, 15) is 4.79 Å². The number of hydrogen-bond acceptors (Lipinski definition) is 4. The van der Waals surface area contributed by atoms with Crippen LogP contribution in [0.25, 0.3) is 0 Å². The van der Waals surface area contributed by atoms with Gasteiger partial charge in [-0.1, -0.05) is 30.3 Å². The molecule has 1 heterocycles. The van der Waals surface area contributed by atoms with E-state index in [1.165, 1.54) is 12.7 Å². The van der Waals surface area contributed by atoms with E-state index in [1.807, 2.05) is 18.2 Å². The maximum atomic E-state index is 11.5. The van der Waals surface area contributed by atoms with Gasteiger partial charge in [-0.05, 0) is 18.4 Å². The number of carbonyl (C=O) groups excluding carboxylic acids is 1. The topological polar surface area (TPSA) is 38.8 Å². The summed E-state index contributed by atoms with van der Waals surface area (Å²) in [6, 6.07) is 10.2. The molecule has 1 aromatic rings. The first-order valence-electron chi connectivity index (χ1n) is 6.72. The molecular formula is C15H21NO3. The number of esters is 1. The predicted octanol–water partition coefficient (Wildman–Crippen LogP) is 1.84. The Labute approximate surface area is 114 Å². The Kier molecular flexibility index (Phi) is 5.36. The van der Waals surface area contributed by atoms with Gasteiger partial charge in [-0.25, -0.2) is 0 Å². The van der Waals surface area contributed by atoms with Crippen molar-refractivity contribution in [1.82, 2.24) is 4.90 Å². The van der Waals surface area contributed by atoms with Gasteiger partial charge in [0.05, 0.1) is 19.8 Å². The maximum absolute atomic E-state index is 11.5.